The lowest BCUT2D eigenvalue weighted by atomic mass is 10.3. The molecule has 0 radical (unpaired) electrons. The van der Waals surface area contributed by atoms with Gasteiger partial charge in [-0.2, -0.15) is 0 Å². The molecule has 26 heavy (non-hydrogen) atoms. The number of carbonyl (C=O) groups excluding carboxylic acids is 1. The number of nitrogens with two attached hydrogens (primary N) is 1. The Hall–Kier alpha value is -0.456. The van der Waals surface area contributed by atoms with E-state index in [-0.39, 0.29) is 16.9 Å². The molecule has 0 spiro atoms. The lowest BCUT2D eigenvalue weighted by Crippen LogP contribution is -2.38. The van der Waals surface area contributed by atoms with Crippen LogP contribution in [0.2, 0.25) is 12.1 Å². The third-order valence-electron chi connectivity index (χ3n) is 5.16. The first-order valence-electron chi connectivity index (χ1n) is 9.51. The van der Waals surface area contributed by atoms with Gasteiger partial charge in [-0.15, -0.1) is 0 Å². The quantitative estimate of drug-likeness (QED) is 0.234. The van der Waals surface area contributed by atoms with Crippen molar-refractivity contribution in [2.45, 2.75) is 62.4 Å². The van der Waals surface area contributed by atoms with E-state index in [2.05, 4.69) is 0 Å². The van der Waals surface area contributed by atoms with E-state index >= 15 is 0 Å². The average Bonchev–Trinajstić information content (AvgIpc) is 2.65. The summed E-state index contributed by atoms with van der Waals surface area (Å²) in [7, 11) is 5.81. The summed E-state index contributed by atoms with van der Waals surface area (Å²) in [5, 5.41) is 0. The third kappa shape index (κ3) is 10.6. The highest BCUT2D eigenvalue weighted by atomic mass is 28.2. The molecule has 0 heterocycles. The number of rotatable bonds is 16. The number of ether oxygens (including phenoxy) is 4. The zero-order chi connectivity index (χ0) is 20.1. The fourth-order valence-corrected chi connectivity index (χ4v) is 6.07. The minimum atomic E-state index is -0.475. The number of unbranched alkanes of at least 4 members (excludes halogenated alkanes) is 2. The molecule has 9 heteroatoms. The van der Waals surface area contributed by atoms with Crippen LogP contribution >= 0.6 is 0 Å². The minimum Gasteiger partial charge on any atom is -0.358 e. The van der Waals surface area contributed by atoms with E-state index in [9.17, 15) is 4.79 Å². The van der Waals surface area contributed by atoms with E-state index in [1.54, 1.807) is 33.3 Å². The lowest BCUT2D eigenvalue weighted by molar-refractivity contribution is -0.131. The van der Waals surface area contributed by atoms with Crippen molar-refractivity contribution in [3.05, 3.63) is 0 Å². The zero-order valence-electron chi connectivity index (χ0n) is 17.6. The van der Waals surface area contributed by atoms with Gasteiger partial charge >= 0.3 is 6.03 Å². The van der Waals surface area contributed by atoms with Gasteiger partial charge in [0.05, 0.1) is 19.0 Å². The summed E-state index contributed by atoms with van der Waals surface area (Å²) in [6, 6.07) is 1.93. The molecule has 0 saturated carbocycles. The Labute approximate surface area is 163 Å². The maximum atomic E-state index is 11.6. The van der Waals surface area contributed by atoms with Gasteiger partial charge in [-0.05, 0) is 26.7 Å². The molecular formula is C17H40N2O5Si2. The SMILES string of the molecule is COC(C)(OC)[SiH2]CCCCN(CCCC[SiH2]C(C)(OC)OC)C(N)=O. The standard InChI is InChI=1S/C17H40N2O5Si2/c1-16(21-3,22-4)25-13-9-7-11-19(15(18)20)12-8-10-14-26-17(2,23-5)24-6/h7-14,25-26H2,1-6H3,(H2,18,20). The highest BCUT2D eigenvalue weighted by Crippen LogP contribution is 2.13. The van der Waals surface area contributed by atoms with Gasteiger partial charge in [-0.1, -0.05) is 24.9 Å². The number of hydrogen-bond acceptors (Lipinski definition) is 5. The molecule has 0 aliphatic carbocycles. The second kappa shape index (κ2) is 13.7. The Morgan fingerprint density at radius 2 is 1.15 bits per heavy atom. The van der Waals surface area contributed by atoms with Gasteiger partial charge in [0, 0.05) is 41.5 Å². The number of urea groups is 1. The molecule has 0 bridgehead atoms. The second-order valence-electron chi connectivity index (χ2n) is 7.03. The molecule has 0 saturated heterocycles. The van der Waals surface area contributed by atoms with Crippen molar-refractivity contribution in [2.24, 2.45) is 5.73 Å². The molecule has 0 aromatic rings. The molecule has 2 N–H and O–H groups in total. The maximum Gasteiger partial charge on any atom is 0.314 e. The van der Waals surface area contributed by atoms with Crippen molar-refractivity contribution >= 4 is 25.1 Å². The van der Waals surface area contributed by atoms with E-state index in [1.807, 2.05) is 13.8 Å². The summed E-state index contributed by atoms with van der Waals surface area (Å²) in [4.78, 5) is 13.4. The number of hydrogen-bond donors (Lipinski definition) is 1. The summed E-state index contributed by atoms with van der Waals surface area (Å²) < 4.78 is 21.6. The summed E-state index contributed by atoms with van der Waals surface area (Å²) in [5.74, 6) is 0. The highest BCUT2D eigenvalue weighted by Gasteiger charge is 2.23. The topological polar surface area (TPSA) is 83.2 Å². The van der Waals surface area contributed by atoms with Crippen LogP contribution in [0.5, 0.6) is 0 Å². The highest BCUT2D eigenvalue weighted by molar-refractivity contribution is 6.39. The molecule has 0 fully saturated rings. The largest absolute Gasteiger partial charge is 0.358 e. The molecule has 2 amide bonds. The number of nitrogens with zero attached hydrogens (tertiary/aromatic N) is 1. The van der Waals surface area contributed by atoms with Crippen LogP contribution < -0.4 is 5.73 Å². The van der Waals surface area contributed by atoms with Crippen LogP contribution in [0.4, 0.5) is 4.79 Å². The van der Waals surface area contributed by atoms with Crippen molar-refractivity contribution in [2.75, 3.05) is 41.5 Å². The fourth-order valence-electron chi connectivity index (χ4n) is 2.76. The first kappa shape index (κ1) is 25.5. The molecule has 0 atom stereocenters. The molecule has 0 unspecified atom stereocenters. The van der Waals surface area contributed by atoms with Crippen LogP contribution in [0.25, 0.3) is 0 Å². The second-order valence-corrected chi connectivity index (χ2v) is 12.0. The first-order valence-corrected chi connectivity index (χ1v) is 12.9. The van der Waals surface area contributed by atoms with Crippen LogP contribution in [-0.4, -0.2) is 82.3 Å². The molecule has 156 valence electrons. The van der Waals surface area contributed by atoms with Crippen LogP contribution in [-0.2, 0) is 18.9 Å². The van der Waals surface area contributed by atoms with E-state index in [4.69, 9.17) is 24.7 Å². The predicted molar refractivity (Wildman–Crippen MR) is 111 cm³/mol. The van der Waals surface area contributed by atoms with Crippen LogP contribution in [0, 0.1) is 0 Å². The van der Waals surface area contributed by atoms with Crippen molar-refractivity contribution in [3.8, 4) is 0 Å². The fraction of sp³-hybridized carbons (Fsp3) is 0.941. The molecular weight excluding hydrogens is 368 g/mol. The van der Waals surface area contributed by atoms with Crippen molar-refractivity contribution in [1.82, 2.24) is 4.90 Å². The van der Waals surface area contributed by atoms with Gasteiger partial charge < -0.3 is 29.6 Å². The van der Waals surface area contributed by atoms with E-state index in [0.29, 0.717) is 0 Å². The Balaban J connectivity index is 3.96. The van der Waals surface area contributed by atoms with Crippen LogP contribution in [0.3, 0.4) is 0 Å². The number of methoxy groups -OCH3 is 4. The van der Waals surface area contributed by atoms with Gasteiger partial charge in [0.1, 0.15) is 10.8 Å². The van der Waals surface area contributed by atoms with Crippen LogP contribution in [0.15, 0.2) is 0 Å². The Bertz CT molecular complexity index is 352. The van der Waals surface area contributed by atoms with Crippen LogP contribution in [0.1, 0.15) is 39.5 Å². The third-order valence-corrected chi connectivity index (χ3v) is 9.84. The molecule has 0 aliphatic heterocycles. The summed E-state index contributed by atoms with van der Waals surface area (Å²) in [5.41, 5.74) is 4.75. The van der Waals surface area contributed by atoms with Gasteiger partial charge in [-0.25, -0.2) is 4.79 Å². The normalized spacial score (nSPS) is 13.3. The summed E-state index contributed by atoms with van der Waals surface area (Å²) in [6.45, 7) is 5.45. The predicted octanol–water partition coefficient (Wildman–Crippen LogP) is 1.03. The van der Waals surface area contributed by atoms with E-state index < -0.39 is 19.0 Å². The van der Waals surface area contributed by atoms with Gasteiger partial charge in [0.25, 0.3) is 0 Å². The summed E-state index contributed by atoms with van der Waals surface area (Å²) >= 11 is 0. The van der Waals surface area contributed by atoms with Crippen molar-refractivity contribution in [3.63, 3.8) is 0 Å². The summed E-state index contributed by atoms with van der Waals surface area (Å²) in [6.07, 6.45) is 4.09. The first-order chi connectivity index (χ1) is 12.3. The van der Waals surface area contributed by atoms with Gasteiger partial charge in [-0.3, -0.25) is 0 Å². The lowest BCUT2D eigenvalue weighted by Gasteiger charge is -2.26. The Morgan fingerprint density at radius 1 is 0.808 bits per heavy atom. The van der Waals surface area contributed by atoms with E-state index in [0.717, 1.165) is 50.9 Å². The monoisotopic (exact) mass is 408 g/mol. The Morgan fingerprint density at radius 3 is 1.42 bits per heavy atom. The number of amides is 2. The molecule has 0 aromatic carbocycles. The molecule has 0 rings (SSSR count). The van der Waals surface area contributed by atoms with E-state index in [1.165, 1.54) is 0 Å². The van der Waals surface area contributed by atoms with Gasteiger partial charge in [0.15, 0.2) is 0 Å². The number of carbonyl (C=O) groups is 1. The molecule has 7 nitrogen and oxygen atoms in total. The van der Waals surface area contributed by atoms with Crippen molar-refractivity contribution < 1.29 is 23.7 Å². The molecule has 0 aromatic heterocycles. The maximum absolute atomic E-state index is 11.6. The number of primary amides is 1. The minimum absolute atomic E-state index is 0.322. The smallest absolute Gasteiger partial charge is 0.314 e. The Kier molecular flexibility index (Phi) is 13.4. The van der Waals surface area contributed by atoms with Gasteiger partial charge in [0.2, 0.25) is 0 Å². The zero-order valence-corrected chi connectivity index (χ0v) is 20.5. The molecule has 0 aliphatic rings. The average molecular weight is 409 g/mol. The van der Waals surface area contributed by atoms with Crippen molar-refractivity contribution in [1.29, 1.82) is 0 Å².